The molecule has 13 heteroatoms. The Morgan fingerprint density at radius 2 is 1.51 bits per heavy atom. The number of hydrogen-bond acceptors (Lipinski definition) is 10. The Kier molecular flexibility index (Phi) is 11.1. The average Bonchev–Trinajstić information content (AvgIpc) is 3.71. The van der Waals surface area contributed by atoms with Gasteiger partial charge in [0, 0.05) is 36.8 Å². The third kappa shape index (κ3) is 7.88. The van der Waals surface area contributed by atoms with E-state index in [1.54, 1.807) is 24.3 Å². The number of amides is 4. The summed E-state index contributed by atoms with van der Waals surface area (Å²) in [6.45, 7) is 4.66. The Morgan fingerprint density at radius 3 is 2.19 bits per heavy atom. The van der Waals surface area contributed by atoms with Crippen LogP contribution in [0.25, 0.3) is 0 Å². The number of carbonyl (C=O) groups excluding carboxylic acids is 4. The Bertz CT molecular complexity index is 2060. The fourth-order valence-electron chi connectivity index (χ4n) is 8.42. The van der Waals surface area contributed by atoms with Gasteiger partial charge >= 0.3 is 6.09 Å². The molecule has 4 saturated heterocycles. The van der Waals surface area contributed by atoms with Crippen LogP contribution >= 0.6 is 0 Å². The van der Waals surface area contributed by atoms with Crippen molar-refractivity contribution in [2.45, 2.75) is 69.5 Å². The van der Waals surface area contributed by atoms with Crippen molar-refractivity contribution >= 4 is 35.2 Å². The molecule has 296 valence electrons. The molecule has 4 fully saturated rings. The highest BCUT2D eigenvalue weighted by molar-refractivity contribution is 6.22. The third-order valence-corrected chi connectivity index (χ3v) is 11.7. The van der Waals surface area contributed by atoms with Crippen LogP contribution < -0.4 is 20.4 Å². The van der Waals surface area contributed by atoms with E-state index in [0.717, 1.165) is 40.4 Å². The van der Waals surface area contributed by atoms with Gasteiger partial charge in [-0.1, -0.05) is 91.9 Å². The van der Waals surface area contributed by atoms with E-state index in [1.165, 1.54) is 0 Å². The molecule has 5 atom stereocenters. The van der Waals surface area contributed by atoms with Gasteiger partial charge in [-0.2, -0.15) is 0 Å². The number of carbonyl (C=O) groups is 4. The second-order valence-electron chi connectivity index (χ2n) is 15.2. The summed E-state index contributed by atoms with van der Waals surface area (Å²) < 4.78 is 18.7. The maximum Gasteiger partial charge on any atom is 0.408 e. The summed E-state index contributed by atoms with van der Waals surface area (Å²) >= 11 is 0. The number of benzene rings is 4. The lowest BCUT2D eigenvalue weighted by Gasteiger charge is -2.46. The standard InChI is InChI=1S/C44H47N5O8/c1-29-37(25-47-22-20-44(21-23-47)42(53)45-28-48(44)34-10-6-3-7-11-34)56-41(57-39(29)32-14-12-30(26-50)13-15-32)33-16-18-35(19-17-33)49-38(51)24-36(40(49)52)46-43(54)55-27-31-8-4-2-5-9-31/h2-19,29,36-37,39,41,50H,20-28H2,1H3,(H,45,53)(H,46,54). The van der Waals surface area contributed by atoms with E-state index in [1.807, 2.05) is 84.9 Å². The van der Waals surface area contributed by atoms with E-state index in [-0.39, 0.29) is 43.7 Å². The van der Waals surface area contributed by atoms with E-state index < -0.39 is 35.8 Å². The normalized spacial score (nSPS) is 24.8. The zero-order valence-corrected chi connectivity index (χ0v) is 31.8. The molecule has 8 rings (SSSR count). The number of rotatable bonds is 10. The second kappa shape index (κ2) is 16.5. The number of nitrogens with zero attached hydrogens (tertiary/aromatic N) is 3. The van der Waals surface area contributed by atoms with Crippen LogP contribution in [0.3, 0.4) is 0 Å². The van der Waals surface area contributed by atoms with Gasteiger partial charge in [0.25, 0.3) is 5.91 Å². The zero-order valence-electron chi connectivity index (χ0n) is 31.8. The molecule has 4 aromatic rings. The zero-order chi connectivity index (χ0) is 39.5. The van der Waals surface area contributed by atoms with Crippen LogP contribution in [0, 0.1) is 5.92 Å². The SMILES string of the molecule is CC1C(CN2CCC3(CC2)C(=O)NCN3c2ccccc2)OC(c2ccc(N3C(=O)CC(NC(=O)OCc4ccccc4)C3=O)cc2)OC1c1ccc(CO)cc1. The lowest BCUT2D eigenvalue weighted by Crippen LogP contribution is -2.57. The minimum Gasteiger partial charge on any atom is -0.445 e. The van der Waals surface area contributed by atoms with Crippen molar-refractivity contribution in [3.05, 3.63) is 131 Å². The fourth-order valence-corrected chi connectivity index (χ4v) is 8.42. The molecular formula is C44H47N5O8. The van der Waals surface area contributed by atoms with E-state index in [0.29, 0.717) is 37.3 Å². The minimum absolute atomic E-state index is 0.0391. The van der Waals surface area contributed by atoms with Crippen molar-refractivity contribution in [2.24, 2.45) is 5.92 Å². The van der Waals surface area contributed by atoms with Crippen molar-refractivity contribution in [3.63, 3.8) is 0 Å². The molecule has 5 unspecified atom stereocenters. The van der Waals surface area contributed by atoms with Gasteiger partial charge in [-0.3, -0.25) is 14.4 Å². The van der Waals surface area contributed by atoms with E-state index >= 15 is 0 Å². The van der Waals surface area contributed by atoms with Gasteiger partial charge in [-0.25, -0.2) is 9.69 Å². The summed E-state index contributed by atoms with van der Waals surface area (Å²) in [7, 11) is 0. The molecule has 3 N–H and O–H groups in total. The molecule has 0 aliphatic carbocycles. The molecule has 0 saturated carbocycles. The quantitative estimate of drug-likeness (QED) is 0.189. The van der Waals surface area contributed by atoms with Crippen molar-refractivity contribution < 1.29 is 38.5 Å². The number of likely N-dealkylation sites (tertiary alicyclic amines) is 1. The van der Waals surface area contributed by atoms with Gasteiger partial charge in [0.1, 0.15) is 18.2 Å². The second-order valence-corrected chi connectivity index (χ2v) is 15.2. The Balaban J connectivity index is 0.953. The number of aliphatic hydroxyl groups excluding tert-OH is 1. The molecule has 57 heavy (non-hydrogen) atoms. The third-order valence-electron chi connectivity index (χ3n) is 11.7. The number of imide groups is 1. The first-order valence-corrected chi connectivity index (χ1v) is 19.5. The number of para-hydroxylation sites is 1. The monoisotopic (exact) mass is 773 g/mol. The van der Waals surface area contributed by atoms with Crippen LogP contribution in [0.4, 0.5) is 16.2 Å². The number of anilines is 2. The summed E-state index contributed by atoms with van der Waals surface area (Å²) in [5, 5.41) is 15.3. The first kappa shape index (κ1) is 38.3. The van der Waals surface area contributed by atoms with Gasteiger partial charge in [-0.05, 0) is 53.8 Å². The van der Waals surface area contributed by atoms with Crippen LogP contribution in [0.2, 0.25) is 0 Å². The molecular weight excluding hydrogens is 727 g/mol. The van der Waals surface area contributed by atoms with Crippen molar-refractivity contribution in [2.75, 3.05) is 36.1 Å². The summed E-state index contributed by atoms with van der Waals surface area (Å²) in [5.41, 5.74) is 4.08. The lowest BCUT2D eigenvalue weighted by molar-refractivity contribution is -0.276. The largest absolute Gasteiger partial charge is 0.445 e. The van der Waals surface area contributed by atoms with Crippen LogP contribution in [0.1, 0.15) is 60.8 Å². The maximum absolute atomic E-state index is 13.4. The molecule has 0 bridgehead atoms. The van der Waals surface area contributed by atoms with Crippen molar-refractivity contribution in [3.8, 4) is 0 Å². The molecule has 4 aliphatic heterocycles. The van der Waals surface area contributed by atoms with Gasteiger partial charge in [0.2, 0.25) is 11.8 Å². The molecule has 0 radical (unpaired) electrons. The molecule has 4 aromatic carbocycles. The smallest absolute Gasteiger partial charge is 0.408 e. The van der Waals surface area contributed by atoms with Gasteiger partial charge < -0.3 is 39.8 Å². The first-order valence-electron chi connectivity index (χ1n) is 19.5. The molecule has 4 amide bonds. The first-order chi connectivity index (χ1) is 27.7. The number of ether oxygens (including phenoxy) is 3. The average molecular weight is 774 g/mol. The highest BCUT2D eigenvalue weighted by Crippen LogP contribution is 2.43. The summed E-state index contributed by atoms with van der Waals surface area (Å²) in [6, 6.07) is 32.9. The Morgan fingerprint density at radius 1 is 0.842 bits per heavy atom. The van der Waals surface area contributed by atoms with Gasteiger partial charge in [0.15, 0.2) is 6.29 Å². The topological polar surface area (TPSA) is 150 Å². The van der Waals surface area contributed by atoms with Crippen molar-refractivity contribution in [1.29, 1.82) is 0 Å². The minimum atomic E-state index is -1.04. The fraction of sp³-hybridized carbons (Fsp3) is 0.364. The highest BCUT2D eigenvalue weighted by atomic mass is 16.7. The molecule has 13 nitrogen and oxygen atoms in total. The Hall–Kier alpha value is -5.60. The maximum atomic E-state index is 13.4. The highest BCUT2D eigenvalue weighted by Gasteiger charge is 2.51. The Labute approximate surface area is 331 Å². The molecule has 4 heterocycles. The van der Waals surface area contributed by atoms with E-state index in [4.69, 9.17) is 14.2 Å². The number of nitrogens with one attached hydrogen (secondary N) is 2. The number of piperidine rings is 1. The summed E-state index contributed by atoms with van der Waals surface area (Å²) in [4.78, 5) is 57.9. The van der Waals surface area contributed by atoms with Crippen LogP contribution in [0.5, 0.6) is 0 Å². The number of hydrogen-bond donors (Lipinski definition) is 3. The van der Waals surface area contributed by atoms with Crippen molar-refractivity contribution in [1.82, 2.24) is 15.5 Å². The molecule has 1 spiro atoms. The predicted octanol–water partition coefficient (Wildman–Crippen LogP) is 4.96. The number of alkyl carbamates (subject to hydrolysis) is 1. The van der Waals surface area contributed by atoms with Gasteiger partial charge in [-0.15, -0.1) is 0 Å². The van der Waals surface area contributed by atoms with E-state index in [9.17, 15) is 24.3 Å². The summed E-state index contributed by atoms with van der Waals surface area (Å²) in [6.07, 6.45) is -0.923. The lowest BCUT2D eigenvalue weighted by atomic mass is 9.84. The number of aliphatic hydroxyl groups is 1. The van der Waals surface area contributed by atoms with Crippen LogP contribution in [0.15, 0.2) is 109 Å². The summed E-state index contributed by atoms with van der Waals surface area (Å²) in [5.74, 6) is -0.949. The van der Waals surface area contributed by atoms with Crippen LogP contribution in [-0.4, -0.2) is 77.8 Å². The predicted molar refractivity (Wildman–Crippen MR) is 210 cm³/mol. The molecule has 0 aromatic heterocycles. The van der Waals surface area contributed by atoms with E-state index in [2.05, 4.69) is 27.4 Å². The van der Waals surface area contributed by atoms with Crippen LogP contribution in [-0.2, 0) is 41.8 Å². The van der Waals surface area contributed by atoms with Gasteiger partial charge in [0.05, 0.1) is 37.6 Å². The molecule has 4 aliphatic rings.